The maximum Gasteiger partial charge on any atom is 0.513 e. The molecule has 0 atom stereocenters. The van der Waals surface area contributed by atoms with Gasteiger partial charge in [-0.15, -0.1) is 0 Å². The molecule has 25 heavy (non-hydrogen) atoms. The van der Waals surface area contributed by atoms with Gasteiger partial charge < -0.3 is 20.1 Å². The molecule has 6 heteroatoms. The molecule has 0 radical (unpaired) electrons. The van der Waals surface area contributed by atoms with Gasteiger partial charge in [-0.1, -0.05) is 17.7 Å². The molecule has 0 spiro atoms. The third-order valence-corrected chi connectivity index (χ3v) is 3.49. The Morgan fingerprint density at radius 2 is 1.56 bits per heavy atom. The zero-order valence-corrected chi connectivity index (χ0v) is 14.8. The molecule has 0 aliphatic rings. The van der Waals surface area contributed by atoms with Crippen LogP contribution in [-0.2, 0) is 4.74 Å². The van der Waals surface area contributed by atoms with Crippen molar-refractivity contribution < 1.29 is 19.1 Å². The molecule has 132 valence electrons. The zero-order chi connectivity index (χ0) is 18.4. The van der Waals surface area contributed by atoms with Crippen LogP contribution in [-0.4, -0.2) is 18.8 Å². The highest BCUT2D eigenvalue weighted by molar-refractivity contribution is 6.00. The fourth-order valence-electron chi connectivity index (χ4n) is 2.50. The van der Waals surface area contributed by atoms with Crippen molar-refractivity contribution in [1.82, 2.24) is 0 Å². The number of ether oxygens (including phenoxy) is 2. The number of nitrogens with one attached hydrogen (secondary N) is 2. The maximum absolute atomic E-state index is 12.2. The molecule has 0 fully saturated rings. The summed E-state index contributed by atoms with van der Waals surface area (Å²) in [5.74, 6) is 0.342. The first-order valence-corrected chi connectivity index (χ1v) is 7.99. The Kier molecular flexibility index (Phi) is 6.00. The van der Waals surface area contributed by atoms with Gasteiger partial charge in [-0.05, 0) is 63.1 Å². The molecule has 0 aromatic heterocycles. The third kappa shape index (κ3) is 5.24. The average molecular weight is 342 g/mol. The van der Waals surface area contributed by atoms with Gasteiger partial charge in [0, 0.05) is 11.4 Å². The highest BCUT2D eigenvalue weighted by Gasteiger charge is 2.09. The SMILES string of the molecule is CCOC(=O)Oc1ccc(NC(=O)Nc2c(C)cc(C)cc2C)cc1. The van der Waals surface area contributed by atoms with Crippen LogP contribution in [0.5, 0.6) is 5.75 Å². The second-order valence-corrected chi connectivity index (χ2v) is 5.66. The Hall–Kier alpha value is -3.02. The number of carbonyl (C=O) groups excluding carboxylic acids is 2. The van der Waals surface area contributed by atoms with Crippen LogP contribution in [0.2, 0.25) is 0 Å². The van der Waals surface area contributed by atoms with Gasteiger partial charge in [-0.3, -0.25) is 0 Å². The first-order chi connectivity index (χ1) is 11.9. The first kappa shape index (κ1) is 18.3. The molecule has 2 rings (SSSR count). The molecule has 6 nitrogen and oxygen atoms in total. The van der Waals surface area contributed by atoms with Crippen molar-refractivity contribution in [3.63, 3.8) is 0 Å². The number of benzene rings is 2. The van der Waals surface area contributed by atoms with Crippen LogP contribution in [0.1, 0.15) is 23.6 Å². The fourth-order valence-corrected chi connectivity index (χ4v) is 2.50. The Morgan fingerprint density at radius 3 is 2.12 bits per heavy atom. The van der Waals surface area contributed by atoms with Crippen LogP contribution in [0.4, 0.5) is 21.0 Å². The molecule has 2 N–H and O–H groups in total. The minimum Gasteiger partial charge on any atom is -0.434 e. The molecule has 0 bridgehead atoms. The summed E-state index contributed by atoms with van der Waals surface area (Å²) in [7, 11) is 0. The van der Waals surface area contributed by atoms with Crippen molar-refractivity contribution in [2.45, 2.75) is 27.7 Å². The van der Waals surface area contributed by atoms with Crippen molar-refractivity contribution in [3.8, 4) is 5.75 Å². The minimum absolute atomic E-state index is 0.247. The molecule has 0 saturated heterocycles. The number of hydrogen-bond donors (Lipinski definition) is 2. The summed E-state index contributed by atoms with van der Waals surface area (Å²) in [4.78, 5) is 23.4. The second-order valence-electron chi connectivity index (χ2n) is 5.66. The normalized spacial score (nSPS) is 10.1. The average Bonchev–Trinajstić information content (AvgIpc) is 2.53. The lowest BCUT2D eigenvalue weighted by Crippen LogP contribution is -2.20. The van der Waals surface area contributed by atoms with Crippen molar-refractivity contribution in [1.29, 1.82) is 0 Å². The van der Waals surface area contributed by atoms with Gasteiger partial charge in [-0.25, -0.2) is 9.59 Å². The van der Waals surface area contributed by atoms with E-state index in [-0.39, 0.29) is 12.6 Å². The number of amides is 2. The van der Waals surface area contributed by atoms with Gasteiger partial charge in [0.1, 0.15) is 5.75 Å². The maximum atomic E-state index is 12.2. The number of anilines is 2. The van der Waals surface area contributed by atoms with E-state index >= 15 is 0 Å². The van der Waals surface area contributed by atoms with E-state index in [0.717, 1.165) is 22.4 Å². The topological polar surface area (TPSA) is 76.7 Å². The second kappa shape index (κ2) is 8.19. The number of urea groups is 1. The molecule has 0 aliphatic carbocycles. The van der Waals surface area contributed by atoms with Crippen LogP contribution in [0.15, 0.2) is 36.4 Å². The predicted octanol–water partition coefficient (Wildman–Crippen LogP) is 4.79. The molecular formula is C19H22N2O4. The molecule has 2 aromatic rings. The van der Waals surface area contributed by atoms with Crippen LogP contribution in [0.3, 0.4) is 0 Å². The van der Waals surface area contributed by atoms with Gasteiger partial charge in [0.2, 0.25) is 0 Å². The smallest absolute Gasteiger partial charge is 0.434 e. The Balaban J connectivity index is 1.98. The highest BCUT2D eigenvalue weighted by Crippen LogP contribution is 2.22. The molecule has 0 saturated carbocycles. The number of carbonyl (C=O) groups is 2. The van der Waals surface area contributed by atoms with Gasteiger partial charge in [0.25, 0.3) is 0 Å². The first-order valence-electron chi connectivity index (χ1n) is 7.99. The molecular weight excluding hydrogens is 320 g/mol. The van der Waals surface area contributed by atoms with Crippen molar-refractivity contribution in [2.75, 3.05) is 17.2 Å². The summed E-state index contributed by atoms with van der Waals surface area (Å²) < 4.78 is 9.66. The van der Waals surface area contributed by atoms with Crippen LogP contribution in [0.25, 0.3) is 0 Å². The molecule has 2 aromatic carbocycles. The largest absolute Gasteiger partial charge is 0.513 e. The Morgan fingerprint density at radius 1 is 0.960 bits per heavy atom. The molecule has 0 unspecified atom stereocenters. The monoisotopic (exact) mass is 342 g/mol. The van der Waals surface area contributed by atoms with Crippen LogP contribution in [0, 0.1) is 20.8 Å². The van der Waals surface area contributed by atoms with E-state index < -0.39 is 6.16 Å². The van der Waals surface area contributed by atoms with Crippen LogP contribution >= 0.6 is 0 Å². The van der Waals surface area contributed by atoms with E-state index in [1.165, 1.54) is 0 Å². The summed E-state index contributed by atoms with van der Waals surface area (Å²) in [6.45, 7) is 7.87. The lowest BCUT2D eigenvalue weighted by molar-refractivity contribution is 0.104. The van der Waals surface area contributed by atoms with Gasteiger partial charge in [0.15, 0.2) is 0 Å². The predicted molar refractivity (Wildman–Crippen MR) is 97.4 cm³/mol. The Labute approximate surface area is 147 Å². The van der Waals surface area contributed by atoms with Crippen molar-refractivity contribution in [3.05, 3.63) is 53.1 Å². The number of hydrogen-bond acceptors (Lipinski definition) is 4. The van der Waals surface area contributed by atoms with E-state index in [1.807, 2.05) is 32.9 Å². The third-order valence-electron chi connectivity index (χ3n) is 3.49. The summed E-state index contributed by atoms with van der Waals surface area (Å²) >= 11 is 0. The Bertz CT molecular complexity index is 746. The summed E-state index contributed by atoms with van der Waals surface area (Å²) in [6, 6.07) is 10.1. The number of rotatable bonds is 4. The summed E-state index contributed by atoms with van der Waals surface area (Å²) in [5.41, 5.74) is 4.54. The number of aryl methyl sites for hydroxylation is 3. The standard InChI is InChI=1S/C19H22N2O4/c1-5-24-19(23)25-16-8-6-15(7-9-16)20-18(22)21-17-13(3)10-12(2)11-14(17)4/h6-11H,5H2,1-4H3,(H2,20,21,22). The quantitative estimate of drug-likeness (QED) is 0.618. The van der Waals surface area contributed by atoms with Crippen LogP contribution < -0.4 is 15.4 Å². The lowest BCUT2D eigenvalue weighted by Gasteiger charge is -2.13. The van der Waals surface area contributed by atoms with Gasteiger partial charge >= 0.3 is 12.2 Å². The minimum atomic E-state index is -0.758. The molecule has 0 heterocycles. The molecule has 0 aliphatic heterocycles. The molecule has 2 amide bonds. The highest BCUT2D eigenvalue weighted by atomic mass is 16.7. The fraction of sp³-hybridized carbons (Fsp3) is 0.263. The van der Waals surface area contributed by atoms with E-state index in [1.54, 1.807) is 31.2 Å². The lowest BCUT2D eigenvalue weighted by atomic mass is 10.1. The van der Waals surface area contributed by atoms with Crippen molar-refractivity contribution >= 4 is 23.6 Å². The van der Waals surface area contributed by atoms with Gasteiger partial charge in [0.05, 0.1) is 6.61 Å². The van der Waals surface area contributed by atoms with E-state index in [0.29, 0.717) is 11.4 Å². The van der Waals surface area contributed by atoms with E-state index in [9.17, 15) is 9.59 Å². The van der Waals surface area contributed by atoms with E-state index in [4.69, 9.17) is 9.47 Å². The summed E-state index contributed by atoms with van der Waals surface area (Å²) in [6.07, 6.45) is -0.758. The zero-order valence-electron chi connectivity index (χ0n) is 14.8. The van der Waals surface area contributed by atoms with Gasteiger partial charge in [-0.2, -0.15) is 0 Å². The van der Waals surface area contributed by atoms with Crippen molar-refractivity contribution in [2.24, 2.45) is 0 Å². The van der Waals surface area contributed by atoms with E-state index in [2.05, 4.69) is 10.6 Å². The summed E-state index contributed by atoms with van der Waals surface area (Å²) in [5, 5.41) is 5.61.